The molecule has 19 heavy (non-hydrogen) atoms. The second-order valence-electron chi connectivity index (χ2n) is 4.18. The van der Waals surface area contributed by atoms with Gasteiger partial charge in [0.05, 0.1) is 11.2 Å². The van der Waals surface area contributed by atoms with Crippen LogP contribution in [0.25, 0.3) is 0 Å². The van der Waals surface area contributed by atoms with Crippen molar-refractivity contribution in [1.29, 1.82) is 0 Å². The summed E-state index contributed by atoms with van der Waals surface area (Å²) < 4.78 is 30.2. The predicted octanol–water partition coefficient (Wildman–Crippen LogP) is -0.341. The van der Waals surface area contributed by atoms with E-state index < -0.39 is 10.0 Å². The summed E-state index contributed by atoms with van der Waals surface area (Å²) in [5.41, 5.74) is 6.30. The molecule has 0 saturated carbocycles. The van der Waals surface area contributed by atoms with E-state index in [1.165, 1.54) is 0 Å². The van der Waals surface area contributed by atoms with Crippen molar-refractivity contribution in [2.45, 2.75) is 18.0 Å². The summed E-state index contributed by atoms with van der Waals surface area (Å²) in [5, 5.41) is 0. The van der Waals surface area contributed by atoms with Crippen molar-refractivity contribution >= 4 is 10.0 Å². The lowest BCUT2D eigenvalue weighted by molar-refractivity contribution is 0.572. The van der Waals surface area contributed by atoms with Crippen LogP contribution < -0.4 is 10.5 Å². The van der Waals surface area contributed by atoms with Gasteiger partial charge in [-0.15, -0.1) is 0 Å². The molecule has 8 heteroatoms. The zero-order valence-corrected chi connectivity index (χ0v) is 11.5. The molecule has 2 aromatic rings. The van der Waals surface area contributed by atoms with Crippen molar-refractivity contribution in [2.24, 2.45) is 12.8 Å². The van der Waals surface area contributed by atoms with Crippen LogP contribution in [0.15, 0.2) is 35.9 Å². The third-order valence-corrected chi connectivity index (χ3v) is 4.25. The van der Waals surface area contributed by atoms with E-state index >= 15 is 0 Å². The Morgan fingerprint density at radius 3 is 2.84 bits per heavy atom. The Morgan fingerprint density at radius 1 is 1.47 bits per heavy atom. The lowest BCUT2D eigenvalue weighted by Crippen LogP contribution is -2.27. The molecule has 0 aliphatic carbocycles. The highest BCUT2D eigenvalue weighted by Crippen LogP contribution is 2.12. The molecule has 2 rings (SSSR count). The number of aromatic nitrogens is 3. The molecule has 3 N–H and O–H groups in total. The molecule has 0 spiro atoms. The molecule has 104 valence electrons. The quantitative estimate of drug-likeness (QED) is 0.758. The summed E-state index contributed by atoms with van der Waals surface area (Å²) in [6, 6.07) is 1.58. The number of imidazole rings is 1. The van der Waals surface area contributed by atoms with Crippen molar-refractivity contribution in [3.63, 3.8) is 0 Å². The number of sulfonamides is 1. The molecule has 0 unspecified atom stereocenters. The maximum atomic E-state index is 12.1. The maximum absolute atomic E-state index is 12.1. The van der Waals surface area contributed by atoms with E-state index in [9.17, 15) is 8.42 Å². The number of nitrogens with one attached hydrogen (secondary N) is 1. The molecule has 0 fully saturated rings. The Kier molecular flexibility index (Phi) is 4.03. The topological polar surface area (TPSA) is 94.9 Å². The van der Waals surface area contributed by atoms with Crippen LogP contribution in [0.4, 0.5) is 0 Å². The second-order valence-corrected chi connectivity index (χ2v) is 5.95. The molecule has 0 aliphatic rings. The van der Waals surface area contributed by atoms with E-state index in [0.29, 0.717) is 19.6 Å². The van der Waals surface area contributed by atoms with Gasteiger partial charge in [0.15, 0.2) is 0 Å². The first-order valence-corrected chi connectivity index (χ1v) is 7.32. The summed E-state index contributed by atoms with van der Waals surface area (Å²) in [7, 11) is -1.71. The van der Waals surface area contributed by atoms with Crippen molar-refractivity contribution < 1.29 is 8.42 Å². The highest BCUT2D eigenvalue weighted by molar-refractivity contribution is 7.89. The first-order chi connectivity index (χ1) is 9.03. The summed E-state index contributed by atoms with van der Waals surface area (Å²) in [5.74, 6) is 0. The van der Waals surface area contributed by atoms with Gasteiger partial charge in [0.2, 0.25) is 10.0 Å². The third kappa shape index (κ3) is 3.22. The Balaban J connectivity index is 2.01. The standard InChI is InChI=1S/C11H17N5O2S/c1-15-8-11(6-10(15)7-12)19(17,18)14-3-5-16-4-2-13-9-16/h2,4,6,8-9,14H,3,5,7,12H2,1H3. The molecule has 0 bridgehead atoms. The molecule has 0 aliphatic heterocycles. The van der Waals surface area contributed by atoms with E-state index in [4.69, 9.17) is 5.73 Å². The van der Waals surface area contributed by atoms with Crippen LogP contribution in [0.1, 0.15) is 5.69 Å². The minimum Gasteiger partial charge on any atom is -0.352 e. The summed E-state index contributed by atoms with van der Waals surface area (Å²) in [6.07, 6.45) is 6.63. The van der Waals surface area contributed by atoms with Gasteiger partial charge in [-0.05, 0) is 6.07 Å². The van der Waals surface area contributed by atoms with E-state index in [0.717, 1.165) is 5.69 Å². The first-order valence-electron chi connectivity index (χ1n) is 5.83. The maximum Gasteiger partial charge on any atom is 0.242 e. The molecule has 2 aromatic heterocycles. The lowest BCUT2D eigenvalue weighted by Gasteiger charge is -2.05. The average Bonchev–Trinajstić information content (AvgIpc) is 2.98. The van der Waals surface area contributed by atoms with Crippen molar-refractivity contribution in [3.8, 4) is 0 Å². The molecular weight excluding hydrogens is 266 g/mol. The van der Waals surface area contributed by atoms with Crippen molar-refractivity contribution in [1.82, 2.24) is 18.8 Å². The van der Waals surface area contributed by atoms with Gasteiger partial charge >= 0.3 is 0 Å². The number of rotatable bonds is 6. The number of nitrogens with two attached hydrogens (primary N) is 1. The van der Waals surface area contributed by atoms with E-state index in [1.54, 1.807) is 47.2 Å². The largest absolute Gasteiger partial charge is 0.352 e. The molecule has 0 saturated heterocycles. The third-order valence-electron chi connectivity index (χ3n) is 2.82. The highest BCUT2D eigenvalue weighted by atomic mass is 32.2. The fraction of sp³-hybridized carbons (Fsp3) is 0.364. The summed E-state index contributed by atoms with van der Waals surface area (Å²) in [6.45, 7) is 1.16. The molecule has 0 atom stereocenters. The Hall–Kier alpha value is -1.64. The van der Waals surface area contributed by atoms with Gasteiger partial charge in [-0.1, -0.05) is 0 Å². The minimum atomic E-state index is -3.49. The van der Waals surface area contributed by atoms with Crippen LogP contribution in [0, 0.1) is 0 Å². The van der Waals surface area contributed by atoms with E-state index in [2.05, 4.69) is 9.71 Å². The highest BCUT2D eigenvalue weighted by Gasteiger charge is 2.16. The molecule has 0 radical (unpaired) electrons. The molecule has 2 heterocycles. The van der Waals surface area contributed by atoms with Gasteiger partial charge in [-0.25, -0.2) is 18.1 Å². The molecule has 0 aromatic carbocycles. The number of hydrogen-bond donors (Lipinski definition) is 2. The van der Waals surface area contributed by atoms with Crippen molar-refractivity contribution in [2.75, 3.05) is 6.54 Å². The zero-order chi connectivity index (χ0) is 13.9. The first kappa shape index (κ1) is 13.8. The van der Waals surface area contributed by atoms with Gasteiger partial charge in [0.1, 0.15) is 0 Å². The monoisotopic (exact) mass is 283 g/mol. The van der Waals surface area contributed by atoms with Gasteiger partial charge in [0.25, 0.3) is 0 Å². The SMILES string of the molecule is Cn1cc(S(=O)(=O)NCCn2ccnc2)cc1CN. The minimum absolute atomic E-state index is 0.237. The fourth-order valence-corrected chi connectivity index (χ4v) is 2.85. The van der Waals surface area contributed by atoms with E-state index in [1.807, 2.05) is 0 Å². The zero-order valence-electron chi connectivity index (χ0n) is 10.7. The number of nitrogens with zero attached hydrogens (tertiary/aromatic N) is 3. The number of aryl methyl sites for hydroxylation is 1. The fourth-order valence-electron chi connectivity index (χ4n) is 1.74. The Labute approximate surface area is 112 Å². The normalized spacial score (nSPS) is 11.9. The Morgan fingerprint density at radius 2 is 2.26 bits per heavy atom. The predicted molar refractivity (Wildman–Crippen MR) is 70.7 cm³/mol. The van der Waals surface area contributed by atoms with Crippen LogP contribution in [0.5, 0.6) is 0 Å². The molecular formula is C11H17N5O2S. The lowest BCUT2D eigenvalue weighted by atomic mass is 10.4. The Bertz CT molecular complexity index is 630. The van der Waals surface area contributed by atoms with Gasteiger partial charge in [-0.2, -0.15) is 0 Å². The summed E-state index contributed by atoms with van der Waals surface area (Å²) in [4.78, 5) is 4.13. The molecule has 0 amide bonds. The van der Waals surface area contributed by atoms with Crippen LogP contribution in [-0.2, 0) is 30.2 Å². The summed E-state index contributed by atoms with van der Waals surface area (Å²) >= 11 is 0. The van der Waals surface area contributed by atoms with Gasteiger partial charge in [0, 0.05) is 51.0 Å². The average molecular weight is 283 g/mol. The van der Waals surface area contributed by atoms with Crippen LogP contribution in [-0.4, -0.2) is 29.1 Å². The second kappa shape index (κ2) is 5.55. The molecule has 7 nitrogen and oxygen atoms in total. The van der Waals surface area contributed by atoms with Crippen molar-refractivity contribution in [3.05, 3.63) is 36.7 Å². The van der Waals surface area contributed by atoms with Crippen LogP contribution in [0.3, 0.4) is 0 Å². The smallest absolute Gasteiger partial charge is 0.242 e. The van der Waals surface area contributed by atoms with Crippen LogP contribution in [0.2, 0.25) is 0 Å². The van der Waals surface area contributed by atoms with E-state index in [-0.39, 0.29) is 4.90 Å². The number of hydrogen-bond acceptors (Lipinski definition) is 4. The van der Waals surface area contributed by atoms with Gasteiger partial charge < -0.3 is 14.9 Å². The van der Waals surface area contributed by atoms with Gasteiger partial charge in [-0.3, -0.25) is 0 Å². The van der Waals surface area contributed by atoms with Crippen LogP contribution >= 0.6 is 0 Å².